The Balaban J connectivity index is 2.02. The van der Waals surface area contributed by atoms with Gasteiger partial charge in [-0.1, -0.05) is 6.92 Å². The second kappa shape index (κ2) is 6.76. The summed E-state index contributed by atoms with van der Waals surface area (Å²) in [6.07, 6.45) is 4.55. The monoisotopic (exact) mass is 274 g/mol. The number of hydrogen-bond donors (Lipinski definition) is 2. The van der Waals surface area contributed by atoms with Crippen LogP contribution in [0.5, 0.6) is 0 Å². The maximum absolute atomic E-state index is 12.1. The van der Waals surface area contributed by atoms with Crippen LogP contribution in [0.1, 0.15) is 24.2 Å². The van der Waals surface area contributed by atoms with Crippen LogP contribution in [0.25, 0.3) is 5.82 Å². The van der Waals surface area contributed by atoms with E-state index in [0.717, 1.165) is 6.54 Å². The minimum Gasteiger partial charge on any atom is -0.350 e. The number of amides is 1. The van der Waals surface area contributed by atoms with Gasteiger partial charge in [0.25, 0.3) is 5.91 Å². The highest BCUT2D eigenvalue weighted by Gasteiger charge is 2.09. The number of nitrogens with zero attached hydrogens (tertiary/aromatic N) is 4. The standard InChI is InChI=1S/C13H18N6O/c1-3-15-10(2)7-17-13(20)11-4-5-16-12(6-11)19-9-14-8-18-19/h4-6,8-10,15H,3,7H2,1-2H3,(H,17,20)/t10-/m1/s1. The molecule has 0 aliphatic heterocycles. The molecule has 0 bridgehead atoms. The molecule has 0 aliphatic carbocycles. The first-order chi connectivity index (χ1) is 9.70. The first kappa shape index (κ1) is 14.1. The van der Waals surface area contributed by atoms with Gasteiger partial charge in [-0.2, -0.15) is 5.10 Å². The van der Waals surface area contributed by atoms with E-state index < -0.39 is 0 Å². The van der Waals surface area contributed by atoms with Crippen LogP contribution in [-0.4, -0.2) is 44.8 Å². The maximum Gasteiger partial charge on any atom is 0.251 e. The number of pyridine rings is 1. The molecule has 0 radical (unpaired) electrons. The van der Waals surface area contributed by atoms with E-state index in [1.54, 1.807) is 18.3 Å². The van der Waals surface area contributed by atoms with Crippen LogP contribution in [0.2, 0.25) is 0 Å². The van der Waals surface area contributed by atoms with Crippen molar-refractivity contribution in [1.82, 2.24) is 30.4 Å². The molecule has 2 aromatic heterocycles. The molecule has 7 nitrogen and oxygen atoms in total. The molecule has 0 aliphatic rings. The first-order valence-corrected chi connectivity index (χ1v) is 6.53. The van der Waals surface area contributed by atoms with Gasteiger partial charge >= 0.3 is 0 Å². The molecule has 0 spiro atoms. The van der Waals surface area contributed by atoms with E-state index in [-0.39, 0.29) is 11.9 Å². The molecule has 2 rings (SSSR count). The Morgan fingerprint density at radius 2 is 2.35 bits per heavy atom. The molecule has 0 fully saturated rings. The fourth-order valence-electron chi connectivity index (χ4n) is 1.78. The fraction of sp³-hybridized carbons (Fsp3) is 0.385. The highest BCUT2D eigenvalue weighted by Crippen LogP contribution is 2.05. The van der Waals surface area contributed by atoms with Gasteiger partial charge in [-0.05, 0) is 25.6 Å². The summed E-state index contributed by atoms with van der Waals surface area (Å²) >= 11 is 0. The summed E-state index contributed by atoms with van der Waals surface area (Å²) in [6.45, 7) is 5.51. The van der Waals surface area contributed by atoms with Crippen LogP contribution >= 0.6 is 0 Å². The lowest BCUT2D eigenvalue weighted by Crippen LogP contribution is -2.38. The van der Waals surface area contributed by atoms with Gasteiger partial charge < -0.3 is 10.6 Å². The molecule has 0 unspecified atom stereocenters. The van der Waals surface area contributed by atoms with Crippen LogP contribution in [-0.2, 0) is 0 Å². The third-order valence-corrected chi connectivity index (χ3v) is 2.78. The average molecular weight is 274 g/mol. The lowest BCUT2D eigenvalue weighted by molar-refractivity contribution is 0.0950. The molecule has 1 amide bonds. The Kier molecular flexibility index (Phi) is 4.78. The predicted molar refractivity (Wildman–Crippen MR) is 74.6 cm³/mol. The highest BCUT2D eigenvalue weighted by atomic mass is 16.1. The van der Waals surface area contributed by atoms with Gasteiger partial charge in [0.05, 0.1) is 0 Å². The van der Waals surface area contributed by atoms with Crippen molar-refractivity contribution >= 4 is 5.91 Å². The Hall–Kier alpha value is -2.28. The van der Waals surface area contributed by atoms with Crippen LogP contribution in [0.4, 0.5) is 0 Å². The van der Waals surface area contributed by atoms with Crippen molar-refractivity contribution in [2.24, 2.45) is 0 Å². The van der Waals surface area contributed by atoms with Crippen LogP contribution in [0.15, 0.2) is 31.0 Å². The Morgan fingerprint density at radius 3 is 3.05 bits per heavy atom. The van der Waals surface area contributed by atoms with Crippen molar-refractivity contribution in [2.75, 3.05) is 13.1 Å². The summed E-state index contributed by atoms with van der Waals surface area (Å²) in [5.41, 5.74) is 0.550. The molecular weight excluding hydrogens is 256 g/mol. The molecule has 2 N–H and O–H groups in total. The molecule has 0 saturated carbocycles. The predicted octanol–water partition coefficient (Wildman–Crippen LogP) is 0.390. The quantitative estimate of drug-likeness (QED) is 0.796. The largest absolute Gasteiger partial charge is 0.350 e. The summed E-state index contributed by atoms with van der Waals surface area (Å²) in [6, 6.07) is 3.59. The smallest absolute Gasteiger partial charge is 0.251 e. The summed E-state index contributed by atoms with van der Waals surface area (Å²) in [5.74, 6) is 0.438. The van der Waals surface area contributed by atoms with E-state index in [0.29, 0.717) is 17.9 Å². The molecule has 7 heteroatoms. The average Bonchev–Trinajstić information content (AvgIpc) is 2.99. The molecule has 106 valence electrons. The number of carbonyl (C=O) groups excluding carboxylic acids is 1. The van der Waals surface area contributed by atoms with Crippen LogP contribution in [0.3, 0.4) is 0 Å². The summed E-state index contributed by atoms with van der Waals surface area (Å²) in [4.78, 5) is 20.1. The van der Waals surface area contributed by atoms with Gasteiger partial charge in [0, 0.05) is 24.3 Å². The molecule has 0 aromatic carbocycles. The van der Waals surface area contributed by atoms with E-state index in [1.165, 1.54) is 17.3 Å². The zero-order chi connectivity index (χ0) is 14.4. The number of aromatic nitrogens is 4. The number of nitrogens with one attached hydrogen (secondary N) is 2. The minimum atomic E-state index is -0.126. The maximum atomic E-state index is 12.1. The lowest BCUT2D eigenvalue weighted by atomic mass is 10.2. The van der Waals surface area contributed by atoms with E-state index in [2.05, 4.69) is 25.7 Å². The molecular formula is C13H18N6O. The van der Waals surface area contributed by atoms with Gasteiger partial charge in [0.15, 0.2) is 5.82 Å². The number of hydrogen-bond acceptors (Lipinski definition) is 5. The fourth-order valence-corrected chi connectivity index (χ4v) is 1.78. The summed E-state index contributed by atoms with van der Waals surface area (Å²) < 4.78 is 1.51. The van der Waals surface area contributed by atoms with E-state index in [4.69, 9.17) is 0 Å². The molecule has 20 heavy (non-hydrogen) atoms. The van der Waals surface area contributed by atoms with Gasteiger partial charge in [0.1, 0.15) is 12.7 Å². The van der Waals surface area contributed by atoms with Crippen LogP contribution in [0, 0.1) is 0 Å². The summed E-state index contributed by atoms with van der Waals surface area (Å²) in [7, 11) is 0. The first-order valence-electron chi connectivity index (χ1n) is 6.53. The van der Waals surface area contributed by atoms with Gasteiger partial charge in [-0.25, -0.2) is 14.6 Å². The Morgan fingerprint density at radius 1 is 1.50 bits per heavy atom. The SMILES string of the molecule is CCN[C@H](C)CNC(=O)c1ccnc(-n2cncn2)c1. The number of carbonyl (C=O) groups is 1. The third kappa shape index (κ3) is 3.61. The molecule has 0 saturated heterocycles. The van der Waals surface area contributed by atoms with Crippen molar-refractivity contribution in [3.05, 3.63) is 36.5 Å². The van der Waals surface area contributed by atoms with E-state index in [1.807, 2.05) is 13.8 Å². The second-order valence-electron chi connectivity index (χ2n) is 4.41. The molecule has 2 heterocycles. The van der Waals surface area contributed by atoms with Crippen molar-refractivity contribution in [2.45, 2.75) is 19.9 Å². The van der Waals surface area contributed by atoms with Crippen molar-refractivity contribution in [3.8, 4) is 5.82 Å². The van der Waals surface area contributed by atoms with E-state index >= 15 is 0 Å². The Labute approximate surface area is 117 Å². The lowest BCUT2D eigenvalue weighted by Gasteiger charge is -2.13. The zero-order valence-electron chi connectivity index (χ0n) is 11.6. The number of rotatable bonds is 6. The zero-order valence-corrected chi connectivity index (χ0v) is 11.6. The van der Waals surface area contributed by atoms with Gasteiger partial charge in [0.2, 0.25) is 0 Å². The van der Waals surface area contributed by atoms with Crippen molar-refractivity contribution in [1.29, 1.82) is 0 Å². The van der Waals surface area contributed by atoms with Gasteiger partial charge in [-0.3, -0.25) is 4.79 Å². The molecule has 1 atom stereocenters. The van der Waals surface area contributed by atoms with Crippen molar-refractivity contribution in [3.63, 3.8) is 0 Å². The normalized spacial score (nSPS) is 12.1. The van der Waals surface area contributed by atoms with E-state index in [9.17, 15) is 4.79 Å². The second-order valence-corrected chi connectivity index (χ2v) is 4.41. The van der Waals surface area contributed by atoms with Crippen molar-refractivity contribution < 1.29 is 4.79 Å². The summed E-state index contributed by atoms with van der Waals surface area (Å²) in [5, 5.41) is 10.1. The van der Waals surface area contributed by atoms with Gasteiger partial charge in [-0.15, -0.1) is 0 Å². The number of likely N-dealkylation sites (N-methyl/N-ethyl adjacent to an activating group) is 1. The minimum absolute atomic E-state index is 0.126. The molecule has 2 aromatic rings. The third-order valence-electron chi connectivity index (χ3n) is 2.78. The highest BCUT2D eigenvalue weighted by molar-refractivity contribution is 5.94. The Bertz CT molecular complexity index is 554. The van der Waals surface area contributed by atoms with Crippen LogP contribution < -0.4 is 10.6 Å². The topological polar surface area (TPSA) is 84.7 Å².